The highest BCUT2D eigenvalue weighted by Gasteiger charge is 2.28. The highest BCUT2D eigenvalue weighted by atomic mass is 15.3. The van der Waals surface area contributed by atoms with Crippen LogP contribution in [0.15, 0.2) is 297 Å². The smallest absolute Gasteiger partial charge is 0.240 e. The second-order valence-electron chi connectivity index (χ2n) is 23.5. The molecule has 13 aromatic carbocycles. The van der Waals surface area contributed by atoms with Crippen molar-refractivity contribution in [3.63, 3.8) is 0 Å². The summed E-state index contributed by atoms with van der Waals surface area (Å²) in [5.41, 5.74) is 18.0. The third kappa shape index (κ3) is 6.77. The maximum atomic E-state index is 5.86. The lowest BCUT2D eigenvalue weighted by atomic mass is 10.1. The molecule has 9 heteroatoms. The minimum atomic E-state index is 0.505. The predicted octanol–water partition coefficient (Wildman–Crippen LogP) is 20.1. The van der Waals surface area contributed by atoms with Crippen LogP contribution in [0.4, 0.5) is 0 Å². The van der Waals surface area contributed by atoms with Crippen LogP contribution < -0.4 is 0 Å². The van der Waals surface area contributed by atoms with E-state index < -0.39 is 0 Å². The lowest BCUT2D eigenvalue weighted by molar-refractivity contribution is 0.893. The van der Waals surface area contributed by atoms with Gasteiger partial charge in [0, 0.05) is 92.9 Å². The van der Waals surface area contributed by atoms with E-state index >= 15 is 0 Å². The first-order valence-corrected chi connectivity index (χ1v) is 30.6. The van der Waals surface area contributed by atoms with E-state index in [4.69, 9.17) is 15.0 Å². The van der Waals surface area contributed by atoms with E-state index in [2.05, 4.69) is 319 Å². The molecule has 0 aliphatic carbocycles. The predicted molar refractivity (Wildman–Crippen MR) is 371 cm³/mol. The van der Waals surface area contributed by atoms with Gasteiger partial charge in [-0.2, -0.15) is 15.0 Å². The molecule has 0 saturated heterocycles. The van der Waals surface area contributed by atoms with Gasteiger partial charge in [0.1, 0.15) is 0 Å². The molecule has 20 rings (SSSR count). The Labute approximate surface area is 513 Å². The Morgan fingerprint density at radius 3 is 0.744 bits per heavy atom. The molecule has 0 saturated carbocycles. The van der Waals surface area contributed by atoms with Crippen LogP contribution in [-0.2, 0) is 0 Å². The Balaban J connectivity index is 0.882. The molecular formula is C81H49N9. The molecule has 0 amide bonds. The van der Waals surface area contributed by atoms with Crippen molar-refractivity contribution in [3.05, 3.63) is 297 Å². The van der Waals surface area contributed by atoms with Crippen LogP contribution >= 0.6 is 0 Å². The Morgan fingerprint density at radius 1 is 0.178 bits per heavy atom. The van der Waals surface area contributed by atoms with Crippen LogP contribution in [0.5, 0.6) is 0 Å². The van der Waals surface area contributed by atoms with Crippen molar-refractivity contribution in [2.45, 2.75) is 0 Å². The zero-order chi connectivity index (χ0) is 58.7. The van der Waals surface area contributed by atoms with Crippen molar-refractivity contribution in [2.24, 2.45) is 0 Å². The zero-order valence-electron chi connectivity index (χ0n) is 48.3. The Hall–Kier alpha value is -12.3. The normalized spacial score (nSPS) is 12.2. The summed E-state index contributed by atoms with van der Waals surface area (Å²) in [5, 5.41) is 13.8. The van der Waals surface area contributed by atoms with Crippen LogP contribution in [0, 0.1) is 0 Å². The highest BCUT2D eigenvalue weighted by Crippen LogP contribution is 2.45. The fourth-order valence-electron chi connectivity index (χ4n) is 15.2. The molecule has 7 heterocycles. The van der Waals surface area contributed by atoms with Crippen LogP contribution in [-0.4, -0.2) is 42.4 Å². The molecule has 20 aromatic rings. The van der Waals surface area contributed by atoms with E-state index in [9.17, 15) is 0 Å². The number of fused-ring (bicyclic) bond motifs is 20. The molecule has 0 radical (unpaired) electrons. The number of para-hydroxylation sites is 8. The molecule has 0 aliphatic rings. The molecule has 0 aliphatic heterocycles. The molecule has 0 atom stereocenters. The fourth-order valence-corrected chi connectivity index (χ4v) is 15.2. The first kappa shape index (κ1) is 48.9. The second kappa shape index (κ2) is 18.6. The standard InChI is InChI=1S/C81H49N9/c1-2-22-50(23-3-1)79-82-80(89-73-42-18-10-34-61(73)65-46-44-63-59-32-8-16-40-71(59)87(75(63)77(65)89)53-26-20-24-51(48-53)85-67-36-12-4-28-55(67)56-29-5-13-37-68(56)85)84-81(83-79)90-74-43-19-11-35-62(74)66-47-45-64-60-33-9-17-41-72(60)88(76(64)78(66)90)54-27-21-25-52(49-54)86-69-38-14-6-30-57(69)58-31-7-15-39-70(58)86/h1-49H. The van der Waals surface area contributed by atoms with E-state index in [-0.39, 0.29) is 0 Å². The number of benzene rings is 13. The first-order chi connectivity index (χ1) is 44.7. The van der Waals surface area contributed by atoms with E-state index in [1.807, 2.05) is 6.07 Å². The summed E-state index contributed by atoms with van der Waals surface area (Å²) in [7, 11) is 0. The average Bonchev–Trinajstić information content (AvgIpc) is 1.58. The van der Waals surface area contributed by atoms with Gasteiger partial charge in [0.05, 0.1) is 66.2 Å². The van der Waals surface area contributed by atoms with Crippen molar-refractivity contribution in [1.82, 2.24) is 42.4 Å². The summed E-state index contributed by atoms with van der Waals surface area (Å²) < 4.78 is 14.3. The van der Waals surface area contributed by atoms with Crippen LogP contribution in [0.1, 0.15) is 0 Å². The van der Waals surface area contributed by atoms with E-state index in [1.54, 1.807) is 0 Å². The van der Waals surface area contributed by atoms with Gasteiger partial charge < -0.3 is 18.3 Å². The summed E-state index contributed by atoms with van der Waals surface area (Å²) in [5.74, 6) is 1.57. The molecule has 0 bridgehead atoms. The van der Waals surface area contributed by atoms with Crippen molar-refractivity contribution >= 4 is 131 Å². The van der Waals surface area contributed by atoms with Gasteiger partial charge in [0.2, 0.25) is 11.9 Å². The quantitative estimate of drug-likeness (QED) is 0.160. The minimum absolute atomic E-state index is 0.505. The Kier molecular flexibility index (Phi) is 10.1. The second-order valence-corrected chi connectivity index (χ2v) is 23.5. The number of aromatic nitrogens is 9. The molecule has 418 valence electrons. The maximum Gasteiger partial charge on any atom is 0.240 e. The van der Waals surface area contributed by atoms with Gasteiger partial charge in [0.25, 0.3) is 0 Å². The average molecular weight is 1150 g/mol. The SMILES string of the molecule is c1ccc(-c2nc(-n3c4ccccc4c4ccc5c6ccccc6n(-c6cccc(-n7c8ccccc8c8ccccc87)c6)c5c43)nc(-n3c4ccccc4c4ccc5c6ccccc6n(-c6cccc(-n7c8ccccc8c8ccccc87)c6)c5c43)n2)cc1. The third-order valence-corrected chi connectivity index (χ3v) is 18.8. The molecule has 0 unspecified atom stereocenters. The topological polar surface area (TPSA) is 68.2 Å². The van der Waals surface area contributed by atoms with Gasteiger partial charge in [-0.25, -0.2) is 0 Å². The molecule has 90 heavy (non-hydrogen) atoms. The van der Waals surface area contributed by atoms with E-state index in [1.165, 1.54) is 21.5 Å². The molecular weight excluding hydrogens is 1100 g/mol. The van der Waals surface area contributed by atoms with Gasteiger partial charge in [-0.05, 0) is 84.9 Å². The Bertz CT molecular complexity index is 5950. The molecule has 9 nitrogen and oxygen atoms in total. The van der Waals surface area contributed by atoms with Crippen molar-refractivity contribution in [2.75, 3.05) is 0 Å². The highest BCUT2D eigenvalue weighted by molar-refractivity contribution is 6.25. The van der Waals surface area contributed by atoms with Crippen LogP contribution in [0.25, 0.3) is 177 Å². The lowest BCUT2D eigenvalue weighted by Gasteiger charge is -2.16. The van der Waals surface area contributed by atoms with Crippen LogP contribution in [0.3, 0.4) is 0 Å². The van der Waals surface area contributed by atoms with Gasteiger partial charge in [-0.15, -0.1) is 0 Å². The number of hydrogen-bond donors (Lipinski definition) is 0. The Morgan fingerprint density at radius 2 is 0.422 bits per heavy atom. The minimum Gasteiger partial charge on any atom is -0.309 e. The van der Waals surface area contributed by atoms with E-state index in [0.29, 0.717) is 17.7 Å². The molecule has 0 spiro atoms. The number of hydrogen-bond acceptors (Lipinski definition) is 3. The number of nitrogens with zero attached hydrogens (tertiary/aromatic N) is 9. The summed E-state index contributed by atoms with van der Waals surface area (Å²) in [6.45, 7) is 0. The van der Waals surface area contributed by atoms with Gasteiger partial charge in [0.15, 0.2) is 5.82 Å². The molecule has 0 fully saturated rings. The maximum absolute atomic E-state index is 5.86. The lowest BCUT2D eigenvalue weighted by Crippen LogP contribution is -2.11. The van der Waals surface area contributed by atoms with Gasteiger partial charge >= 0.3 is 0 Å². The summed E-state index contributed by atoms with van der Waals surface area (Å²) >= 11 is 0. The van der Waals surface area contributed by atoms with Crippen LogP contribution in [0.2, 0.25) is 0 Å². The van der Waals surface area contributed by atoms with E-state index in [0.717, 1.165) is 138 Å². The van der Waals surface area contributed by atoms with Crippen molar-refractivity contribution in [3.8, 4) is 46.0 Å². The summed E-state index contributed by atoms with van der Waals surface area (Å²) in [6.07, 6.45) is 0. The van der Waals surface area contributed by atoms with Crippen molar-refractivity contribution < 1.29 is 0 Å². The number of rotatable bonds is 7. The monoisotopic (exact) mass is 1150 g/mol. The largest absolute Gasteiger partial charge is 0.309 e. The van der Waals surface area contributed by atoms with Crippen molar-refractivity contribution in [1.29, 1.82) is 0 Å². The zero-order valence-corrected chi connectivity index (χ0v) is 48.3. The fraction of sp³-hybridized carbons (Fsp3) is 0. The molecule has 7 aromatic heterocycles. The molecule has 0 N–H and O–H groups in total. The first-order valence-electron chi connectivity index (χ1n) is 30.6. The van der Waals surface area contributed by atoms with Gasteiger partial charge in [-0.1, -0.05) is 212 Å². The third-order valence-electron chi connectivity index (χ3n) is 18.8. The summed E-state index contributed by atoms with van der Waals surface area (Å²) in [4.78, 5) is 17.1. The summed E-state index contributed by atoms with van der Waals surface area (Å²) in [6, 6.07) is 107. The van der Waals surface area contributed by atoms with Gasteiger partial charge in [-0.3, -0.25) is 9.13 Å².